The molecule has 27 heavy (non-hydrogen) atoms. The number of ether oxygens (including phenoxy) is 1. The van der Waals surface area contributed by atoms with Gasteiger partial charge in [-0.2, -0.15) is 5.26 Å². The summed E-state index contributed by atoms with van der Waals surface area (Å²) in [5.41, 5.74) is 3.12. The quantitative estimate of drug-likeness (QED) is 0.429. The Morgan fingerprint density at radius 2 is 2.04 bits per heavy atom. The Labute approximate surface area is 155 Å². The van der Waals surface area contributed by atoms with Gasteiger partial charge in [-0.05, 0) is 53.9 Å². The Kier molecular flexibility index (Phi) is 4.83. The molecule has 0 radical (unpaired) electrons. The topological polar surface area (TPSA) is 98.9 Å². The van der Waals surface area contributed by atoms with Crippen LogP contribution < -0.4 is 10.1 Å². The van der Waals surface area contributed by atoms with E-state index < -0.39 is 5.91 Å². The molecule has 1 amide bonds. The van der Waals surface area contributed by atoms with Crippen molar-refractivity contribution in [2.45, 2.75) is 0 Å². The zero-order valence-electron chi connectivity index (χ0n) is 14.4. The van der Waals surface area contributed by atoms with E-state index in [9.17, 15) is 4.79 Å². The average Bonchev–Trinajstić information content (AvgIpc) is 2.72. The van der Waals surface area contributed by atoms with Crippen molar-refractivity contribution in [3.63, 3.8) is 0 Å². The predicted octanol–water partition coefficient (Wildman–Crippen LogP) is 3.12. The molecule has 6 nitrogen and oxygen atoms in total. The lowest BCUT2D eigenvalue weighted by Gasteiger charge is -2.12. The van der Waals surface area contributed by atoms with Gasteiger partial charge in [0.25, 0.3) is 5.91 Å². The van der Waals surface area contributed by atoms with E-state index in [0.717, 1.165) is 16.5 Å². The number of nitriles is 1. The van der Waals surface area contributed by atoms with Crippen molar-refractivity contribution < 1.29 is 9.53 Å². The van der Waals surface area contributed by atoms with Crippen LogP contribution in [0.3, 0.4) is 0 Å². The molecule has 3 rings (SSSR count). The third-order valence-corrected chi connectivity index (χ3v) is 4.01. The Morgan fingerprint density at radius 3 is 2.74 bits per heavy atom. The highest BCUT2D eigenvalue weighted by atomic mass is 16.5. The lowest BCUT2D eigenvalue weighted by atomic mass is 9.98. The van der Waals surface area contributed by atoms with Crippen molar-refractivity contribution in [3.8, 4) is 35.3 Å². The van der Waals surface area contributed by atoms with Gasteiger partial charge in [0.2, 0.25) is 0 Å². The fourth-order valence-corrected chi connectivity index (χ4v) is 2.73. The van der Waals surface area contributed by atoms with Gasteiger partial charge >= 0.3 is 0 Å². The minimum atomic E-state index is -0.471. The molecule has 0 atom stereocenters. The third kappa shape index (κ3) is 3.46. The first-order valence-corrected chi connectivity index (χ1v) is 7.91. The number of nitrogens with zero attached hydrogens (tertiary/aromatic N) is 2. The van der Waals surface area contributed by atoms with E-state index in [1.807, 2.05) is 6.07 Å². The largest absolute Gasteiger partial charge is 0.496 e. The van der Waals surface area contributed by atoms with Crippen molar-refractivity contribution in [3.05, 3.63) is 59.8 Å². The van der Waals surface area contributed by atoms with Crippen LogP contribution in [0.2, 0.25) is 0 Å². The number of amides is 1. The van der Waals surface area contributed by atoms with Crippen molar-refractivity contribution >= 4 is 22.6 Å². The Hall–Kier alpha value is -4.16. The smallest absolute Gasteiger partial charge is 0.257 e. The van der Waals surface area contributed by atoms with E-state index in [2.05, 4.69) is 22.3 Å². The predicted molar refractivity (Wildman–Crippen MR) is 102 cm³/mol. The summed E-state index contributed by atoms with van der Waals surface area (Å²) < 4.78 is 5.43. The molecule has 0 unspecified atom stereocenters. The second kappa shape index (κ2) is 7.38. The monoisotopic (exact) mass is 354 g/mol. The summed E-state index contributed by atoms with van der Waals surface area (Å²) in [7, 11) is 1.54. The molecule has 130 valence electrons. The van der Waals surface area contributed by atoms with Gasteiger partial charge in [0.05, 0.1) is 24.3 Å². The minimum Gasteiger partial charge on any atom is -0.496 e. The molecular formula is C21H14N4O2. The molecule has 0 aliphatic rings. The first-order valence-electron chi connectivity index (χ1n) is 7.91. The van der Waals surface area contributed by atoms with E-state index in [4.69, 9.17) is 21.8 Å². The van der Waals surface area contributed by atoms with Crippen LogP contribution >= 0.6 is 0 Å². The van der Waals surface area contributed by atoms with Crippen LogP contribution in [0, 0.1) is 29.1 Å². The molecular weight excluding hydrogens is 340 g/mol. The highest BCUT2D eigenvalue weighted by Gasteiger charge is 2.14. The molecule has 1 heterocycles. The van der Waals surface area contributed by atoms with Crippen LogP contribution in [-0.4, -0.2) is 23.8 Å². The van der Waals surface area contributed by atoms with E-state index >= 15 is 0 Å². The van der Waals surface area contributed by atoms with Gasteiger partial charge in [-0.3, -0.25) is 20.5 Å². The van der Waals surface area contributed by atoms with Gasteiger partial charge in [-0.25, -0.2) is 0 Å². The van der Waals surface area contributed by atoms with E-state index in [0.29, 0.717) is 22.4 Å². The maximum Gasteiger partial charge on any atom is 0.257 e. The van der Waals surface area contributed by atoms with E-state index in [1.54, 1.807) is 42.6 Å². The molecule has 0 spiro atoms. The van der Waals surface area contributed by atoms with Gasteiger partial charge in [0.15, 0.2) is 5.84 Å². The molecule has 3 aromatic rings. The van der Waals surface area contributed by atoms with Gasteiger partial charge in [0, 0.05) is 22.7 Å². The maximum absolute atomic E-state index is 12.3. The van der Waals surface area contributed by atoms with Crippen LogP contribution in [0.4, 0.5) is 0 Å². The standard InChI is InChI=1S/C21H14N4O2/c1-3-20(23)25-21(26)14-5-7-18-17(11-14)15(8-9-24-18)16-6-4-13(12-22)10-19(16)27-2/h1,4-11H,2H3,(H2,23,25,26). The number of nitrogens with one attached hydrogen (secondary N) is 2. The lowest BCUT2D eigenvalue weighted by molar-refractivity contribution is 0.0977. The summed E-state index contributed by atoms with van der Waals surface area (Å²) in [6.07, 6.45) is 6.78. The van der Waals surface area contributed by atoms with Crippen molar-refractivity contribution in [1.29, 1.82) is 10.7 Å². The first-order chi connectivity index (χ1) is 13.1. The first kappa shape index (κ1) is 17.7. The SMILES string of the molecule is C#CC(=N)NC(=O)c1ccc2nccc(-c3ccc(C#N)cc3OC)c2c1. The Bertz CT molecular complexity index is 1150. The van der Waals surface area contributed by atoms with Crippen LogP contribution in [0.1, 0.15) is 15.9 Å². The summed E-state index contributed by atoms with van der Waals surface area (Å²) in [4.78, 5) is 16.6. The number of hydrogen-bond donors (Lipinski definition) is 2. The van der Waals surface area contributed by atoms with Gasteiger partial charge in [-0.15, -0.1) is 6.42 Å². The molecule has 6 heteroatoms. The van der Waals surface area contributed by atoms with Gasteiger partial charge < -0.3 is 4.74 Å². The average molecular weight is 354 g/mol. The fraction of sp³-hybridized carbons (Fsp3) is 0.0476. The number of fused-ring (bicyclic) bond motifs is 1. The molecule has 0 saturated carbocycles. The number of pyridine rings is 1. The number of carbonyl (C=O) groups excluding carboxylic acids is 1. The van der Waals surface area contributed by atoms with E-state index in [-0.39, 0.29) is 5.84 Å². The number of methoxy groups -OCH3 is 1. The second-order valence-electron chi connectivity index (χ2n) is 5.59. The highest BCUT2D eigenvalue weighted by Crippen LogP contribution is 2.35. The Balaban J connectivity index is 2.16. The van der Waals surface area contributed by atoms with E-state index in [1.165, 1.54) is 7.11 Å². The molecule has 2 N–H and O–H groups in total. The van der Waals surface area contributed by atoms with Crippen molar-refractivity contribution in [2.24, 2.45) is 0 Å². The zero-order chi connectivity index (χ0) is 19.4. The van der Waals surface area contributed by atoms with Crippen LogP contribution in [-0.2, 0) is 0 Å². The van der Waals surface area contributed by atoms with Crippen molar-refractivity contribution in [1.82, 2.24) is 10.3 Å². The third-order valence-electron chi connectivity index (χ3n) is 4.01. The maximum atomic E-state index is 12.3. The second-order valence-corrected chi connectivity index (χ2v) is 5.59. The molecule has 0 saturated heterocycles. The molecule has 0 fully saturated rings. The van der Waals surface area contributed by atoms with Crippen LogP contribution in [0.15, 0.2) is 48.7 Å². The lowest BCUT2D eigenvalue weighted by Crippen LogP contribution is -2.28. The van der Waals surface area contributed by atoms with Crippen molar-refractivity contribution in [2.75, 3.05) is 7.11 Å². The fourth-order valence-electron chi connectivity index (χ4n) is 2.73. The summed E-state index contributed by atoms with van der Waals surface area (Å²) >= 11 is 0. The summed E-state index contributed by atoms with van der Waals surface area (Å²) in [6.45, 7) is 0. The number of hydrogen-bond acceptors (Lipinski definition) is 5. The minimum absolute atomic E-state index is 0.305. The molecule has 0 aliphatic heterocycles. The molecule has 1 aromatic heterocycles. The molecule has 0 bridgehead atoms. The van der Waals surface area contributed by atoms with Gasteiger partial charge in [-0.1, -0.05) is 0 Å². The number of carbonyl (C=O) groups is 1. The number of amidine groups is 1. The van der Waals surface area contributed by atoms with Crippen LogP contribution in [0.25, 0.3) is 22.0 Å². The molecule has 2 aromatic carbocycles. The summed E-state index contributed by atoms with van der Waals surface area (Å²) in [5.74, 6) is 1.83. The Morgan fingerprint density at radius 1 is 1.22 bits per heavy atom. The summed E-state index contributed by atoms with van der Waals surface area (Å²) in [6, 6.07) is 14.1. The summed E-state index contributed by atoms with van der Waals surface area (Å²) in [5, 5.41) is 19.6. The van der Waals surface area contributed by atoms with Gasteiger partial charge in [0.1, 0.15) is 5.75 Å². The number of benzene rings is 2. The molecule has 0 aliphatic carbocycles. The van der Waals surface area contributed by atoms with Crippen LogP contribution in [0.5, 0.6) is 5.75 Å². The number of aromatic nitrogens is 1. The highest BCUT2D eigenvalue weighted by molar-refractivity contribution is 6.12. The number of rotatable bonds is 3. The normalized spacial score (nSPS) is 9.89. The zero-order valence-corrected chi connectivity index (χ0v) is 14.4. The number of terminal acetylenes is 1.